The van der Waals surface area contributed by atoms with Crippen molar-refractivity contribution in [2.75, 3.05) is 9.80 Å². The lowest BCUT2D eigenvalue weighted by Crippen LogP contribution is -2.34. The molecule has 0 saturated heterocycles. The number of allylic oxidation sites excluding steroid dienone is 7. The molecule has 2 heteroatoms. The molecule has 0 amide bonds. The van der Waals surface area contributed by atoms with Crippen molar-refractivity contribution in [1.29, 1.82) is 0 Å². The minimum atomic E-state index is 0.337. The van der Waals surface area contributed by atoms with Crippen LogP contribution in [-0.4, -0.2) is 6.04 Å². The average molecular weight is 677 g/mol. The number of benzene rings is 5. The first-order valence-electron chi connectivity index (χ1n) is 18.5. The quantitative estimate of drug-likeness (QED) is 0.136. The smallest absolute Gasteiger partial charge is 0.0556 e. The molecule has 0 fully saturated rings. The van der Waals surface area contributed by atoms with Crippen molar-refractivity contribution in [2.24, 2.45) is 0 Å². The summed E-state index contributed by atoms with van der Waals surface area (Å²) >= 11 is 0. The van der Waals surface area contributed by atoms with Gasteiger partial charge in [-0.15, -0.1) is 0 Å². The van der Waals surface area contributed by atoms with E-state index in [9.17, 15) is 0 Å². The maximum absolute atomic E-state index is 2.53. The lowest BCUT2D eigenvalue weighted by molar-refractivity contribution is 0.713. The SMILES string of the molecule is CC1=CCC(N(C2=CC=C(C=Cc3cccc(C=Cc4ccc(N(c5ccc(C)cc5)c5ccc(C)cc5)cc4)c3)CC2)c2ccc(C)cc2)C=C1. The number of hydrogen-bond acceptors (Lipinski definition) is 2. The Morgan fingerprint density at radius 3 is 1.56 bits per heavy atom. The van der Waals surface area contributed by atoms with E-state index >= 15 is 0 Å². The summed E-state index contributed by atoms with van der Waals surface area (Å²) in [4.78, 5) is 4.84. The summed E-state index contributed by atoms with van der Waals surface area (Å²) in [6, 6.07) is 44.3. The molecule has 2 aliphatic carbocycles. The van der Waals surface area contributed by atoms with E-state index in [2.05, 4.69) is 214 Å². The van der Waals surface area contributed by atoms with Gasteiger partial charge in [-0.1, -0.05) is 138 Å². The molecule has 5 aromatic rings. The zero-order valence-corrected chi connectivity index (χ0v) is 30.8. The Morgan fingerprint density at radius 1 is 0.519 bits per heavy atom. The van der Waals surface area contributed by atoms with Crippen LogP contribution in [-0.2, 0) is 0 Å². The van der Waals surface area contributed by atoms with Crippen LogP contribution in [0.2, 0.25) is 0 Å². The predicted molar refractivity (Wildman–Crippen MR) is 225 cm³/mol. The molecule has 0 saturated carbocycles. The van der Waals surface area contributed by atoms with Crippen LogP contribution < -0.4 is 9.80 Å². The van der Waals surface area contributed by atoms with Crippen molar-refractivity contribution in [3.8, 4) is 0 Å². The fourth-order valence-electron chi connectivity index (χ4n) is 6.90. The largest absolute Gasteiger partial charge is 0.338 e. The Kier molecular flexibility index (Phi) is 10.6. The van der Waals surface area contributed by atoms with E-state index in [-0.39, 0.29) is 0 Å². The summed E-state index contributed by atoms with van der Waals surface area (Å²) in [7, 11) is 0. The molecule has 0 aromatic heterocycles. The van der Waals surface area contributed by atoms with Crippen LogP contribution in [0.1, 0.15) is 59.6 Å². The summed E-state index contributed by atoms with van der Waals surface area (Å²) < 4.78 is 0. The normalized spacial score (nSPS) is 15.8. The highest BCUT2D eigenvalue weighted by atomic mass is 15.2. The van der Waals surface area contributed by atoms with Gasteiger partial charge in [0.1, 0.15) is 0 Å². The molecule has 2 nitrogen and oxygen atoms in total. The molecule has 0 heterocycles. The van der Waals surface area contributed by atoms with Gasteiger partial charge >= 0.3 is 0 Å². The number of aryl methyl sites for hydroxylation is 3. The molecule has 1 atom stereocenters. The number of rotatable bonds is 10. The van der Waals surface area contributed by atoms with Gasteiger partial charge in [0.05, 0.1) is 6.04 Å². The highest BCUT2D eigenvalue weighted by molar-refractivity contribution is 5.78. The third-order valence-corrected chi connectivity index (χ3v) is 9.98. The molecular weight excluding hydrogens is 629 g/mol. The van der Waals surface area contributed by atoms with Gasteiger partial charge in [0.15, 0.2) is 0 Å². The van der Waals surface area contributed by atoms with E-state index in [0.717, 1.165) is 36.3 Å². The Hall–Kier alpha value is -5.86. The van der Waals surface area contributed by atoms with Gasteiger partial charge in [0.25, 0.3) is 0 Å². The van der Waals surface area contributed by atoms with Crippen molar-refractivity contribution in [3.63, 3.8) is 0 Å². The van der Waals surface area contributed by atoms with Gasteiger partial charge < -0.3 is 9.80 Å². The molecule has 7 rings (SSSR count). The van der Waals surface area contributed by atoms with Gasteiger partial charge in [-0.3, -0.25) is 0 Å². The minimum absolute atomic E-state index is 0.337. The van der Waals surface area contributed by atoms with Gasteiger partial charge in [0, 0.05) is 28.4 Å². The van der Waals surface area contributed by atoms with Crippen molar-refractivity contribution in [1.82, 2.24) is 0 Å². The van der Waals surface area contributed by atoms with E-state index in [1.54, 1.807) is 0 Å². The number of anilines is 4. The monoisotopic (exact) mass is 676 g/mol. The lowest BCUT2D eigenvalue weighted by atomic mass is 9.96. The lowest BCUT2D eigenvalue weighted by Gasteiger charge is -2.36. The topological polar surface area (TPSA) is 6.48 Å². The predicted octanol–water partition coefficient (Wildman–Crippen LogP) is 13.7. The first-order valence-corrected chi connectivity index (χ1v) is 18.5. The molecule has 0 aliphatic heterocycles. The second-order valence-electron chi connectivity index (χ2n) is 14.2. The highest BCUT2D eigenvalue weighted by Gasteiger charge is 2.22. The zero-order valence-electron chi connectivity index (χ0n) is 30.8. The van der Waals surface area contributed by atoms with Gasteiger partial charge in [-0.2, -0.15) is 0 Å². The van der Waals surface area contributed by atoms with Crippen LogP contribution in [0.4, 0.5) is 22.7 Å². The van der Waals surface area contributed by atoms with E-state index in [0.29, 0.717) is 6.04 Å². The zero-order chi connectivity index (χ0) is 35.9. The van der Waals surface area contributed by atoms with Crippen LogP contribution in [0.5, 0.6) is 0 Å². The molecule has 0 N–H and O–H groups in total. The summed E-state index contributed by atoms with van der Waals surface area (Å²) in [5, 5.41) is 0. The number of nitrogens with zero attached hydrogens (tertiary/aromatic N) is 2. The molecule has 258 valence electrons. The molecule has 1 unspecified atom stereocenters. The number of hydrogen-bond donors (Lipinski definition) is 0. The van der Waals surface area contributed by atoms with Crippen molar-refractivity contribution < 1.29 is 0 Å². The molecule has 5 aromatic carbocycles. The average Bonchev–Trinajstić information content (AvgIpc) is 3.17. The second kappa shape index (κ2) is 16.0. The molecule has 0 bridgehead atoms. The van der Waals surface area contributed by atoms with Crippen LogP contribution >= 0.6 is 0 Å². The van der Waals surface area contributed by atoms with Crippen LogP contribution in [0.25, 0.3) is 18.2 Å². The van der Waals surface area contributed by atoms with E-state index in [1.807, 2.05) is 0 Å². The highest BCUT2D eigenvalue weighted by Crippen LogP contribution is 2.35. The molecular formula is C50H48N2. The van der Waals surface area contributed by atoms with Crippen LogP contribution in [0, 0.1) is 20.8 Å². The van der Waals surface area contributed by atoms with Crippen LogP contribution in [0.15, 0.2) is 175 Å². The van der Waals surface area contributed by atoms with Gasteiger partial charge in [0.2, 0.25) is 0 Å². The first-order chi connectivity index (χ1) is 25.4. The second-order valence-corrected chi connectivity index (χ2v) is 14.2. The van der Waals surface area contributed by atoms with E-state index in [1.165, 1.54) is 55.9 Å². The van der Waals surface area contributed by atoms with Crippen LogP contribution in [0.3, 0.4) is 0 Å². The van der Waals surface area contributed by atoms with E-state index < -0.39 is 0 Å². The fraction of sp³-hybridized carbons (Fsp3) is 0.160. The molecule has 0 radical (unpaired) electrons. The molecule has 52 heavy (non-hydrogen) atoms. The van der Waals surface area contributed by atoms with Crippen molar-refractivity contribution in [2.45, 2.75) is 53.0 Å². The summed E-state index contributed by atoms with van der Waals surface area (Å²) in [6.07, 6.45) is 23.6. The van der Waals surface area contributed by atoms with Crippen molar-refractivity contribution >= 4 is 41.0 Å². The summed E-state index contributed by atoms with van der Waals surface area (Å²) in [5.74, 6) is 0. The Morgan fingerprint density at radius 2 is 1.04 bits per heavy atom. The molecule has 0 spiro atoms. The maximum atomic E-state index is 2.53. The minimum Gasteiger partial charge on any atom is -0.338 e. The Labute approximate surface area is 310 Å². The summed E-state index contributed by atoms with van der Waals surface area (Å²) in [5.41, 5.74) is 16.1. The maximum Gasteiger partial charge on any atom is 0.0556 e. The standard InChI is InChI=1S/C50H48N2/c1-37-8-24-45(25-9-37)51(46-26-10-38(2)11-27-46)49-32-20-41(21-33-49)16-18-43-6-5-7-44(36-43)19-17-42-22-34-50(35-23-42)52(47-28-12-39(3)13-29-47)48-30-14-40(4)15-31-48/h5-22,24-30,32-34,36,48H,23,31,35H2,1-4H3. The first kappa shape index (κ1) is 34.6. The molecule has 2 aliphatic rings. The fourth-order valence-corrected chi connectivity index (χ4v) is 6.90. The summed E-state index contributed by atoms with van der Waals surface area (Å²) in [6.45, 7) is 8.59. The Bertz CT molecular complexity index is 2130. The Balaban J connectivity index is 1.04. The van der Waals surface area contributed by atoms with Gasteiger partial charge in [-0.05, 0) is 130 Å². The van der Waals surface area contributed by atoms with Crippen molar-refractivity contribution in [3.05, 3.63) is 208 Å². The van der Waals surface area contributed by atoms with Gasteiger partial charge in [-0.25, -0.2) is 0 Å². The van der Waals surface area contributed by atoms with E-state index in [4.69, 9.17) is 0 Å². The third kappa shape index (κ3) is 8.53. The third-order valence-electron chi connectivity index (χ3n) is 9.98.